The maximum absolute atomic E-state index is 2.55. The van der Waals surface area contributed by atoms with Crippen molar-refractivity contribution in [1.29, 1.82) is 0 Å². The van der Waals surface area contributed by atoms with Gasteiger partial charge in [-0.1, -0.05) is 140 Å². The van der Waals surface area contributed by atoms with E-state index in [2.05, 4.69) is 233 Å². The molecule has 0 N–H and O–H groups in total. The van der Waals surface area contributed by atoms with Crippen molar-refractivity contribution < 1.29 is 0 Å². The summed E-state index contributed by atoms with van der Waals surface area (Å²) in [6.07, 6.45) is 9.26. The highest BCUT2D eigenvalue weighted by atomic mass is 15.2. The van der Waals surface area contributed by atoms with Crippen LogP contribution in [0.5, 0.6) is 0 Å². The van der Waals surface area contributed by atoms with E-state index in [1.807, 2.05) is 0 Å². The normalized spacial score (nSPS) is 17.1. The molecule has 1 aliphatic carbocycles. The Kier molecular flexibility index (Phi) is 7.12. The third kappa shape index (κ3) is 4.62. The quantitative estimate of drug-likeness (QED) is 0.171. The zero-order chi connectivity index (χ0) is 38.4. The van der Waals surface area contributed by atoms with Gasteiger partial charge in [-0.15, -0.1) is 0 Å². The van der Waals surface area contributed by atoms with Crippen LogP contribution in [0.25, 0.3) is 77.2 Å². The number of hydrogen-bond donors (Lipinski definition) is 0. The van der Waals surface area contributed by atoms with Gasteiger partial charge in [0, 0.05) is 55.3 Å². The third-order valence-corrected chi connectivity index (χ3v) is 12.7. The minimum Gasteiger partial charge on any atom is -0.333 e. The summed E-state index contributed by atoms with van der Waals surface area (Å²) in [6.45, 7) is 2.43. The molecule has 10 aromatic rings. The van der Waals surface area contributed by atoms with Crippen LogP contribution < -0.4 is 4.90 Å². The maximum Gasteiger partial charge on any atom is 0.0655 e. The minimum absolute atomic E-state index is 0.132. The molecule has 274 valence electrons. The lowest BCUT2D eigenvalue weighted by molar-refractivity contribution is 0.552. The Morgan fingerprint density at radius 1 is 0.448 bits per heavy atom. The largest absolute Gasteiger partial charge is 0.333 e. The lowest BCUT2D eigenvalue weighted by Crippen LogP contribution is -2.39. The lowest BCUT2D eigenvalue weighted by Gasteiger charge is -2.35. The van der Waals surface area contributed by atoms with E-state index in [9.17, 15) is 0 Å². The van der Waals surface area contributed by atoms with Crippen molar-refractivity contribution in [2.75, 3.05) is 4.90 Å². The van der Waals surface area contributed by atoms with Gasteiger partial charge in [-0.2, -0.15) is 0 Å². The molecule has 8 aromatic carbocycles. The van der Waals surface area contributed by atoms with Crippen LogP contribution in [-0.4, -0.2) is 15.2 Å². The Hall–Kier alpha value is -7.36. The van der Waals surface area contributed by atoms with Crippen molar-refractivity contribution >= 4 is 55.0 Å². The number of aromatic nitrogens is 2. The van der Waals surface area contributed by atoms with E-state index >= 15 is 0 Å². The summed E-state index contributed by atoms with van der Waals surface area (Å²) in [5.74, 6) is 0. The summed E-state index contributed by atoms with van der Waals surface area (Å²) in [4.78, 5) is 2.55. The molecule has 12 rings (SSSR count). The van der Waals surface area contributed by atoms with Crippen LogP contribution in [0.3, 0.4) is 0 Å². The molecule has 3 nitrogen and oxygen atoms in total. The van der Waals surface area contributed by atoms with Crippen molar-refractivity contribution in [3.05, 3.63) is 218 Å². The predicted molar refractivity (Wildman–Crippen MR) is 244 cm³/mol. The Bertz CT molecular complexity index is 3290. The summed E-state index contributed by atoms with van der Waals surface area (Å²) in [5.41, 5.74) is 15.6. The maximum atomic E-state index is 2.55. The second-order valence-corrected chi connectivity index (χ2v) is 15.9. The van der Waals surface area contributed by atoms with Gasteiger partial charge in [-0.3, -0.25) is 0 Å². The van der Waals surface area contributed by atoms with Gasteiger partial charge in [-0.05, 0) is 102 Å². The molecule has 0 spiro atoms. The Morgan fingerprint density at radius 2 is 1.03 bits per heavy atom. The molecule has 0 fully saturated rings. The molecule has 2 atom stereocenters. The fourth-order valence-corrected chi connectivity index (χ4v) is 10.3. The number of hydrogen-bond acceptors (Lipinski definition) is 1. The smallest absolute Gasteiger partial charge is 0.0655 e. The van der Waals surface area contributed by atoms with E-state index in [0.717, 1.165) is 11.4 Å². The SMILES string of the molecule is CC12C=CC=CC1N(c1ccccc1)c1cccc(-c3cc(-c4cccc5c4c4ccccc4n5-c4ccccc4)cc4c5ccccc5n(-c5ccccc5)c34)c12. The number of allylic oxidation sites excluding steroid dienone is 2. The third-order valence-electron chi connectivity index (χ3n) is 12.7. The average molecular weight is 742 g/mol. The van der Waals surface area contributed by atoms with Crippen LogP contribution in [0.15, 0.2) is 212 Å². The molecule has 0 radical (unpaired) electrons. The van der Waals surface area contributed by atoms with Gasteiger partial charge in [-0.25, -0.2) is 0 Å². The van der Waals surface area contributed by atoms with Gasteiger partial charge in [0.25, 0.3) is 0 Å². The average Bonchev–Trinajstić information content (AvgIpc) is 3.90. The van der Waals surface area contributed by atoms with Gasteiger partial charge in [0.15, 0.2) is 0 Å². The van der Waals surface area contributed by atoms with E-state index in [0.29, 0.717) is 0 Å². The van der Waals surface area contributed by atoms with Gasteiger partial charge < -0.3 is 14.0 Å². The first kappa shape index (κ1) is 32.8. The second-order valence-electron chi connectivity index (χ2n) is 15.9. The highest BCUT2D eigenvalue weighted by molar-refractivity contribution is 6.19. The summed E-state index contributed by atoms with van der Waals surface area (Å²) >= 11 is 0. The molecule has 0 saturated heterocycles. The van der Waals surface area contributed by atoms with Gasteiger partial charge in [0.05, 0.1) is 28.1 Å². The molecule has 0 amide bonds. The molecule has 2 unspecified atom stereocenters. The number of rotatable bonds is 5. The lowest BCUT2D eigenvalue weighted by atomic mass is 9.73. The molecule has 58 heavy (non-hydrogen) atoms. The standard InChI is InChI=1S/C55H39N3/c1-55-34-16-15-33-51(55)57(39-21-7-3-8-22-39)50-32-18-28-43(53(50)55)46-36-37(35-45-42-25-11-13-29-47(42)58(54(45)46)40-23-9-4-10-24-40)41-27-17-31-49-52(41)44-26-12-14-30-48(44)56(49)38-19-5-2-6-20-38/h2-36,51H,1H3. The number of nitrogens with zero attached hydrogens (tertiary/aromatic N) is 3. The first-order valence-electron chi connectivity index (χ1n) is 20.2. The molecule has 3 heterocycles. The summed E-state index contributed by atoms with van der Waals surface area (Å²) in [5, 5.41) is 5.00. The molecule has 2 aliphatic rings. The highest BCUT2D eigenvalue weighted by Crippen LogP contribution is 2.56. The van der Waals surface area contributed by atoms with Crippen LogP contribution in [-0.2, 0) is 5.41 Å². The van der Waals surface area contributed by atoms with E-state index < -0.39 is 0 Å². The highest BCUT2D eigenvalue weighted by Gasteiger charge is 2.48. The van der Waals surface area contributed by atoms with Crippen LogP contribution in [0.4, 0.5) is 11.4 Å². The van der Waals surface area contributed by atoms with E-state index in [1.54, 1.807) is 0 Å². The number of benzene rings is 8. The van der Waals surface area contributed by atoms with Crippen LogP contribution >= 0.6 is 0 Å². The monoisotopic (exact) mass is 741 g/mol. The van der Waals surface area contributed by atoms with Gasteiger partial charge in [0.1, 0.15) is 0 Å². The number of fused-ring (bicyclic) bond motifs is 9. The zero-order valence-corrected chi connectivity index (χ0v) is 32.1. The van der Waals surface area contributed by atoms with Crippen molar-refractivity contribution in [3.63, 3.8) is 0 Å². The first-order chi connectivity index (χ1) is 28.7. The molecule has 1 aliphatic heterocycles. The molecular weight excluding hydrogens is 703 g/mol. The summed E-state index contributed by atoms with van der Waals surface area (Å²) in [6, 6.07) is 69.2. The topological polar surface area (TPSA) is 13.1 Å². The first-order valence-corrected chi connectivity index (χ1v) is 20.2. The summed E-state index contributed by atoms with van der Waals surface area (Å²) in [7, 11) is 0. The Morgan fingerprint density at radius 3 is 1.78 bits per heavy atom. The van der Waals surface area contributed by atoms with Crippen LogP contribution in [0.1, 0.15) is 12.5 Å². The molecular formula is C55H39N3. The van der Waals surface area contributed by atoms with Crippen LogP contribution in [0.2, 0.25) is 0 Å². The molecule has 3 heteroatoms. The Labute approximate surface area is 337 Å². The van der Waals surface area contributed by atoms with E-state index in [1.165, 1.54) is 82.8 Å². The van der Waals surface area contributed by atoms with E-state index in [4.69, 9.17) is 0 Å². The summed E-state index contributed by atoms with van der Waals surface area (Å²) < 4.78 is 4.91. The molecule has 0 bridgehead atoms. The minimum atomic E-state index is -0.272. The van der Waals surface area contributed by atoms with Crippen molar-refractivity contribution in [3.8, 4) is 33.6 Å². The number of anilines is 2. The van der Waals surface area contributed by atoms with Gasteiger partial charge >= 0.3 is 0 Å². The fourth-order valence-electron chi connectivity index (χ4n) is 10.3. The molecule has 2 aromatic heterocycles. The zero-order valence-electron chi connectivity index (χ0n) is 32.1. The van der Waals surface area contributed by atoms with Crippen molar-refractivity contribution in [2.45, 2.75) is 18.4 Å². The number of para-hydroxylation sites is 5. The second kappa shape index (κ2) is 12.6. The van der Waals surface area contributed by atoms with Gasteiger partial charge in [0.2, 0.25) is 0 Å². The van der Waals surface area contributed by atoms with Crippen molar-refractivity contribution in [1.82, 2.24) is 9.13 Å². The van der Waals surface area contributed by atoms with Crippen molar-refractivity contribution in [2.24, 2.45) is 0 Å². The van der Waals surface area contributed by atoms with E-state index in [-0.39, 0.29) is 11.5 Å². The predicted octanol–water partition coefficient (Wildman–Crippen LogP) is 14.1. The fraction of sp³-hybridized carbons (Fsp3) is 0.0545. The molecule has 0 saturated carbocycles. The Balaban J connectivity index is 1.22. The van der Waals surface area contributed by atoms with Crippen LogP contribution in [0, 0.1) is 0 Å².